The Morgan fingerprint density at radius 2 is 1.82 bits per heavy atom. The lowest BCUT2D eigenvalue weighted by molar-refractivity contribution is -0.139. The van der Waals surface area contributed by atoms with Gasteiger partial charge in [0.1, 0.15) is 5.75 Å². The average molecular weight is 230 g/mol. The van der Waals surface area contributed by atoms with Crippen LogP contribution in [-0.2, 0) is 4.79 Å². The monoisotopic (exact) mass is 230 g/mol. The molecule has 0 radical (unpaired) electrons. The highest BCUT2D eigenvalue weighted by Crippen LogP contribution is 2.25. The van der Waals surface area contributed by atoms with Gasteiger partial charge in [0.05, 0.1) is 5.92 Å². The molecule has 2 nitrogen and oxygen atoms in total. The van der Waals surface area contributed by atoms with Gasteiger partial charge in [0.15, 0.2) is 0 Å². The topological polar surface area (TPSA) is 26.3 Å². The van der Waals surface area contributed by atoms with Gasteiger partial charge in [0.2, 0.25) is 0 Å². The van der Waals surface area contributed by atoms with Crippen molar-refractivity contribution in [2.24, 2.45) is 5.92 Å². The molecule has 0 amide bonds. The van der Waals surface area contributed by atoms with E-state index in [9.17, 15) is 4.79 Å². The highest BCUT2D eigenvalue weighted by Gasteiger charge is 2.22. The fourth-order valence-electron chi connectivity index (χ4n) is 2.21. The Kier molecular flexibility index (Phi) is 3.97. The molecule has 2 heteroatoms. The molecule has 1 aliphatic rings. The van der Waals surface area contributed by atoms with Crippen molar-refractivity contribution in [3.8, 4) is 5.75 Å². The van der Waals surface area contributed by atoms with E-state index >= 15 is 0 Å². The lowest BCUT2D eigenvalue weighted by Gasteiger charge is -2.19. The minimum absolute atomic E-state index is 0.0731. The SMILES string of the molecule is C=Cc1ccc(OC(=O)C2CCCCC2)cc1. The number of hydrogen-bond acceptors (Lipinski definition) is 2. The van der Waals surface area contributed by atoms with Gasteiger partial charge >= 0.3 is 5.97 Å². The fourth-order valence-corrected chi connectivity index (χ4v) is 2.21. The Labute approximate surface area is 102 Å². The zero-order valence-electron chi connectivity index (χ0n) is 10.0. The second-order valence-electron chi connectivity index (χ2n) is 4.53. The molecule has 1 fully saturated rings. The summed E-state index contributed by atoms with van der Waals surface area (Å²) in [5.74, 6) is 0.657. The quantitative estimate of drug-likeness (QED) is 0.583. The minimum Gasteiger partial charge on any atom is -0.426 e. The Morgan fingerprint density at radius 1 is 1.18 bits per heavy atom. The Balaban J connectivity index is 1.94. The first-order valence-corrected chi connectivity index (χ1v) is 6.24. The van der Waals surface area contributed by atoms with Crippen LogP contribution in [0.4, 0.5) is 0 Å². The highest BCUT2D eigenvalue weighted by molar-refractivity contribution is 5.75. The van der Waals surface area contributed by atoms with E-state index in [1.807, 2.05) is 24.3 Å². The van der Waals surface area contributed by atoms with Crippen LogP contribution in [0.1, 0.15) is 37.7 Å². The number of carbonyl (C=O) groups is 1. The summed E-state index contributed by atoms with van der Waals surface area (Å²) in [5.41, 5.74) is 1.03. The molecule has 1 aliphatic carbocycles. The van der Waals surface area contributed by atoms with Crippen molar-refractivity contribution in [2.45, 2.75) is 32.1 Å². The number of ether oxygens (including phenoxy) is 1. The zero-order valence-corrected chi connectivity index (χ0v) is 10.0. The van der Waals surface area contributed by atoms with Gasteiger partial charge in [-0.2, -0.15) is 0 Å². The molecule has 0 atom stereocenters. The molecule has 0 aliphatic heterocycles. The van der Waals surface area contributed by atoms with Crippen LogP contribution in [0.25, 0.3) is 6.08 Å². The summed E-state index contributed by atoms with van der Waals surface area (Å²) in [4.78, 5) is 11.9. The summed E-state index contributed by atoms with van der Waals surface area (Å²) in [5, 5.41) is 0. The smallest absolute Gasteiger partial charge is 0.314 e. The summed E-state index contributed by atoms with van der Waals surface area (Å²) >= 11 is 0. The predicted molar refractivity (Wildman–Crippen MR) is 68.7 cm³/mol. The third-order valence-corrected chi connectivity index (χ3v) is 3.27. The van der Waals surface area contributed by atoms with Crippen molar-refractivity contribution >= 4 is 12.0 Å². The molecule has 90 valence electrons. The minimum atomic E-state index is -0.0731. The second-order valence-corrected chi connectivity index (χ2v) is 4.53. The van der Waals surface area contributed by atoms with Crippen molar-refractivity contribution in [1.29, 1.82) is 0 Å². The molecular weight excluding hydrogens is 212 g/mol. The van der Waals surface area contributed by atoms with Crippen LogP contribution in [0.3, 0.4) is 0 Å². The summed E-state index contributed by atoms with van der Waals surface area (Å²) < 4.78 is 5.38. The molecule has 0 heterocycles. The molecule has 2 rings (SSSR count). The lowest BCUT2D eigenvalue weighted by atomic mass is 9.89. The van der Waals surface area contributed by atoms with Crippen molar-refractivity contribution < 1.29 is 9.53 Å². The molecule has 1 aromatic carbocycles. The van der Waals surface area contributed by atoms with Gasteiger partial charge in [-0.15, -0.1) is 0 Å². The molecule has 0 spiro atoms. The van der Waals surface area contributed by atoms with Gasteiger partial charge in [-0.3, -0.25) is 4.79 Å². The zero-order chi connectivity index (χ0) is 12.1. The number of esters is 1. The summed E-state index contributed by atoms with van der Waals surface area (Å²) in [6.45, 7) is 3.69. The number of hydrogen-bond donors (Lipinski definition) is 0. The van der Waals surface area contributed by atoms with E-state index in [0.717, 1.165) is 31.2 Å². The van der Waals surface area contributed by atoms with Gasteiger partial charge in [-0.1, -0.05) is 44.1 Å². The molecule has 0 saturated heterocycles. The van der Waals surface area contributed by atoms with Gasteiger partial charge in [-0.25, -0.2) is 0 Å². The van der Waals surface area contributed by atoms with Crippen LogP contribution in [-0.4, -0.2) is 5.97 Å². The van der Waals surface area contributed by atoms with E-state index in [1.165, 1.54) is 6.42 Å². The maximum absolute atomic E-state index is 11.9. The molecule has 0 unspecified atom stereocenters. The second kappa shape index (κ2) is 5.67. The Bertz CT molecular complexity index is 386. The van der Waals surface area contributed by atoms with Crippen molar-refractivity contribution in [1.82, 2.24) is 0 Å². The van der Waals surface area contributed by atoms with Gasteiger partial charge in [0, 0.05) is 0 Å². The van der Waals surface area contributed by atoms with E-state index in [-0.39, 0.29) is 11.9 Å². The molecular formula is C15H18O2. The molecule has 0 aromatic heterocycles. The molecule has 1 saturated carbocycles. The summed E-state index contributed by atoms with van der Waals surface area (Å²) in [6.07, 6.45) is 7.27. The predicted octanol–water partition coefficient (Wildman–Crippen LogP) is 3.82. The molecule has 0 bridgehead atoms. The largest absolute Gasteiger partial charge is 0.426 e. The highest BCUT2D eigenvalue weighted by atomic mass is 16.5. The van der Waals surface area contributed by atoms with E-state index in [2.05, 4.69) is 6.58 Å². The number of benzene rings is 1. The van der Waals surface area contributed by atoms with E-state index < -0.39 is 0 Å². The third-order valence-electron chi connectivity index (χ3n) is 3.27. The van der Waals surface area contributed by atoms with Crippen molar-refractivity contribution in [3.63, 3.8) is 0 Å². The standard InChI is InChI=1S/C15H18O2/c1-2-12-8-10-14(11-9-12)17-15(16)13-6-4-3-5-7-13/h2,8-11,13H,1,3-7H2. The van der Waals surface area contributed by atoms with Crippen LogP contribution >= 0.6 is 0 Å². The van der Waals surface area contributed by atoms with Crippen LogP contribution in [0, 0.1) is 5.92 Å². The van der Waals surface area contributed by atoms with E-state index in [4.69, 9.17) is 4.74 Å². The fraction of sp³-hybridized carbons (Fsp3) is 0.400. The third kappa shape index (κ3) is 3.19. The lowest BCUT2D eigenvalue weighted by Crippen LogP contribution is -2.22. The van der Waals surface area contributed by atoms with Crippen LogP contribution in [0.2, 0.25) is 0 Å². The van der Waals surface area contributed by atoms with Crippen LogP contribution in [0.15, 0.2) is 30.8 Å². The first-order chi connectivity index (χ1) is 8.29. The summed E-state index contributed by atoms with van der Waals surface area (Å²) in [6, 6.07) is 7.43. The van der Waals surface area contributed by atoms with Gasteiger partial charge in [-0.05, 0) is 30.5 Å². The van der Waals surface area contributed by atoms with Gasteiger partial charge in [0.25, 0.3) is 0 Å². The Morgan fingerprint density at radius 3 is 2.41 bits per heavy atom. The normalized spacial score (nSPS) is 16.5. The van der Waals surface area contributed by atoms with E-state index in [1.54, 1.807) is 6.08 Å². The first kappa shape index (κ1) is 11.9. The molecule has 17 heavy (non-hydrogen) atoms. The molecule has 0 N–H and O–H groups in total. The first-order valence-electron chi connectivity index (χ1n) is 6.24. The number of carbonyl (C=O) groups excluding carboxylic acids is 1. The van der Waals surface area contributed by atoms with Crippen LogP contribution in [0.5, 0.6) is 5.75 Å². The van der Waals surface area contributed by atoms with Crippen molar-refractivity contribution in [3.05, 3.63) is 36.4 Å². The summed E-state index contributed by atoms with van der Waals surface area (Å²) in [7, 11) is 0. The van der Waals surface area contributed by atoms with Crippen LogP contribution < -0.4 is 4.74 Å². The average Bonchev–Trinajstić information content (AvgIpc) is 2.40. The van der Waals surface area contributed by atoms with Gasteiger partial charge < -0.3 is 4.74 Å². The maximum Gasteiger partial charge on any atom is 0.314 e. The molecule has 1 aromatic rings. The maximum atomic E-state index is 11.9. The Hall–Kier alpha value is -1.57. The number of rotatable bonds is 3. The van der Waals surface area contributed by atoms with E-state index in [0.29, 0.717) is 5.75 Å². The van der Waals surface area contributed by atoms with Crippen molar-refractivity contribution in [2.75, 3.05) is 0 Å².